The zero-order valence-electron chi connectivity index (χ0n) is 24.0. The SMILES string of the molecule is CCC(C)N(Cc1cccn1Cc1ccccc1C)C(=O)CN(CCC(C)C)C(=O)c1ccc(Cl)c([N+](=O)[O-])c1. The maximum absolute atomic E-state index is 13.8. The number of halogens is 1. The Morgan fingerprint density at radius 3 is 2.45 bits per heavy atom. The van der Waals surface area contributed by atoms with Crippen LogP contribution in [0.5, 0.6) is 0 Å². The van der Waals surface area contributed by atoms with E-state index in [9.17, 15) is 19.7 Å². The van der Waals surface area contributed by atoms with Crippen LogP contribution in [0.4, 0.5) is 5.69 Å². The van der Waals surface area contributed by atoms with Crippen LogP contribution < -0.4 is 0 Å². The molecule has 1 atom stereocenters. The van der Waals surface area contributed by atoms with Crippen molar-refractivity contribution in [3.8, 4) is 0 Å². The summed E-state index contributed by atoms with van der Waals surface area (Å²) in [6.45, 7) is 11.6. The molecule has 0 saturated carbocycles. The number of rotatable bonds is 13. The molecule has 0 spiro atoms. The molecule has 1 heterocycles. The third-order valence-electron chi connectivity index (χ3n) is 7.28. The van der Waals surface area contributed by atoms with Crippen LogP contribution in [0.1, 0.15) is 67.7 Å². The van der Waals surface area contributed by atoms with Crippen molar-refractivity contribution in [3.05, 3.63) is 98.3 Å². The lowest BCUT2D eigenvalue weighted by Crippen LogP contribution is -2.46. The van der Waals surface area contributed by atoms with E-state index >= 15 is 0 Å². The third kappa shape index (κ3) is 7.94. The van der Waals surface area contributed by atoms with Gasteiger partial charge in [-0.3, -0.25) is 19.7 Å². The molecule has 1 aromatic heterocycles. The minimum Gasteiger partial charge on any atom is -0.345 e. The first-order valence-corrected chi connectivity index (χ1v) is 14.1. The molecule has 8 nitrogen and oxygen atoms in total. The summed E-state index contributed by atoms with van der Waals surface area (Å²) in [5, 5.41) is 11.4. The van der Waals surface area contributed by atoms with Crippen LogP contribution in [0, 0.1) is 23.0 Å². The summed E-state index contributed by atoms with van der Waals surface area (Å²) < 4.78 is 2.15. The number of hydrogen-bond donors (Lipinski definition) is 0. The number of amides is 2. The Bertz CT molecular complexity index is 1340. The number of benzene rings is 2. The average molecular weight is 567 g/mol. The molecule has 1 unspecified atom stereocenters. The first-order chi connectivity index (χ1) is 19.0. The minimum atomic E-state index is -0.612. The molecule has 0 radical (unpaired) electrons. The molecule has 0 bridgehead atoms. The molecule has 0 fully saturated rings. The van der Waals surface area contributed by atoms with E-state index in [0.29, 0.717) is 32.0 Å². The van der Waals surface area contributed by atoms with Gasteiger partial charge in [-0.05, 0) is 68.0 Å². The lowest BCUT2D eigenvalue weighted by atomic mass is 10.1. The number of aromatic nitrogens is 1. The highest BCUT2D eigenvalue weighted by Gasteiger charge is 2.27. The molecule has 3 rings (SSSR count). The minimum absolute atomic E-state index is 0.0389. The van der Waals surface area contributed by atoms with E-state index in [4.69, 9.17) is 11.6 Å². The molecule has 0 aliphatic heterocycles. The fourth-order valence-corrected chi connectivity index (χ4v) is 4.68. The first kappa shape index (κ1) is 30.9. The van der Waals surface area contributed by atoms with Gasteiger partial charge in [0.15, 0.2) is 0 Å². The average Bonchev–Trinajstić information content (AvgIpc) is 3.36. The number of nitro groups is 1. The predicted molar refractivity (Wildman–Crippen MR) is 158 cm³/mol. The van der Waals surface area contributed by atoms with Gasteiger partial charge in [0, 0.05) is 42.7 Å². The Balaban J connectivity index is 1.85. The maximum atomic E-state index is 13.8. The van der Waals surface area contributed by atoms with Crippen molar-refractivity contribution >= 4 is 29.1 Å². The van der Waals surface area contributed by atoms with Gasteiger partial charge in [0.1, 0.15) is 11.6 Å². The molecule has 3 aromatic rings. The number of nitro benzene ring substituents is 1. The molecule has 2 aromatic carbocycles. The summed E-state index contributed by atoms with van der Waals surface area (Å²) in [6.07, 6.45) is 3.47. The van der Waals surface area contributed by atoms with Gasteiger partial charge in [0.05, 0.1) is 11.5 Å². The standard InChI is InChI=1S/C31H39ClN4O4/c1-6-24(5)35(20-27-12-9-16-33(27)19-26-11-8-7-10-23(26)4)30(37)21-34(17-15-22(2)3)31(38)25-13-14-28(32)29(18-25)36(39)40/h7-14,16,18,22,24H,6,15,17,19-21H2,1-5H3. The Labute approximate surface area is 241 Å². The van der Waals surface area contributed by atoms with Crippen molar-refractivity contribution in [1.29, 1.82) is 0 Å². The van der Waals surface area contributed by atoms with Crippen molar-refractivity contribution in [1.82, 2.24) is 14.4 Å². The predicted octanol–water partition coefficient (Wildman–Crippen LogP) is 6.72. The molecule has 0 N–H and O–H groups in total. The Morgan fingerprint density at radius 2 is 1.80 bits per heavy atom. The summed E-state index contributed by atoms with van der Waals surface area (Å²) in [5.74, 6) is -0.292. The Kier molecular flexibility index (Phi) is 10.9. The highest BCUT2D eigenvalue weighted by atomic mass is 35.5. The topological polar surface area (TPSA) is 88.7 Å². The molecule has 2 amide bonds. The van der Waals surface area contributed by atoms with Gasteiger partial charge in [-0.1, -0.05) is 56.6 Å². The fourth-order valence-electron chi connectivity index (χ4n) is 4.49. The second-order valence-corrected chi connectivity index (χ2v) is 11.1. The highest BCUT2D eigenvalue weighted by Crippen LogP contribution is 2.26. The zero-order chi connectivity index (χ0) is 29.4. The van der Waals surface area contributed by atoms with Crippen LogP contribution in [-0.4, -0.2) is 50.2 Å². The summed E-state index contributed by atoms with van der Waals surface area (Å²) in [7, 11) is 0. The quantitative estimate of drug-likeness (QED) is 0.170. The van der Waals surface area contributed by atoms with Crippen molar-refractivity contribution < 1.29 is 14.5 Å². The number of carbonyl (C=O) groups is 2. The van der Waals surface area contributed by atoms with Gasteiger partial charge >= 0.3 is 0 Å². The van der Waals surface area contributed by atoms with Crippen molar-refractivity contribution in [2.45, 2.75) is 66.6 Å². The number of nitrogens with zero attached hydrogens (tertiary/aromatic N) is 4. The van der Waals surface area contributed by atoms with Gasteiger partial charge in [-0.15, -0.1) is 0 Å². The lowest BCUT2D eigenvalue weighted by Gasteiger charge is -2.32. The number of hydrogen-bond acceptors (Lipinski definition) is 4. The maximum Gasteiger partial charge on any atom is 0.288 e. The second kappa shape index (κ2) is 14.1. The molecule has 0 saturated heterocycles. The summed E-state index contributed by atoms with van der Waals surface area (Å²) in [6, 6.07) is 16.2. The highest BCUT2D eigenvalue weighted by molar-refractivity contribution is 6.32. The zero-order valence-corrected chi connectivity index (χ0v) is 24.7. The van der Waals surface area contributed by atoms with Gasteiger partial charge < -0.3 is 14.4 Å². The molecule has 40 heavy (non-hydrogen) atoms. The van der Waals surface area contributed by atoms with E-state index in [0.717, 1.165) is 12.1 Å². The fraction of sp³-hybridized carbons (Fsp3) is 0.419. The summed E-state index contributed by atoms with van der Waals surface area (Å²) >= 11 is 5.97. The van der Waals surface area contributed by atoms with Crippen LogP contribution in [-0.2, 0) is 17.9 Å². The van der Waals surface area contributed by atoms with E-state index in [1.165, 1.54) is 34.2 Å². The number of carbonyl (C=O) groups excluding carboxylic acids is 2. The Morgan fingerprint density at radius 1 is 1.07 bits per heavy atom. The third-order valence-corrected chi connectivity index (χ3v) is 7.60. The van der Waals surface area contributed by atoms with Gasteiger partial charge in [0.2, 0.25) is 5.91 Å². The van der Waals surface area contributed by atoms with Crippen LogP contribution >= 0.6 is 11.6 Å². The largest absolute Gasteiger partial charge is 0.345 e. The molecule has 0 aliphatic carbocycles. The molecular weight excluding hydrogens is 528 g/mol. The van der Waals surface area contributed by atoms with Gasteiger partial charge in [0.25, 0.3) is 11.6 Å². The lowest BCUT2D eigenvalue weighted by molar-refractivity contribution is -0.384. The molecule has 214 valence electrons. The van der Waals surface area contributed by atoms with Crippen LogP contribution in [0.15, 0.2) is 60.8 Å². The van der Waals surface area contributed by atoms with Gasteiger partial charge in [-0.2, -0.15) is 0 Å². The van der Waals surface area contributed by atoms with E-state index < -0.39 is 10.8 Å². The van der Waals surface area contributed by atoms with E-state index in [1.807, 2.05) is 63.1 Å². The summed E-state index contributed by atoms with van der Waals surface area (Å²) in [4.78, 5) is 41.5. The van der Waals surface area contributed by atoms with Crippen molar-refractivity contribution in [3.63, 3.8) is 0 Å². The van der Waals surface area contributed by atoms with E-state index in [1.54, 1.807) is 0 Å². The second-order valence-electron chi connectivity index (χ2n) is 10.7. The smallest absolute Gasteiger partial charge is 0.288 e. The van der Waals surface area contributed by atoms with Crippen LogP contribution in [0.3, 0.4) is 0 Å². The normalized spacial score (nSPS) is 11.9. The molecular formula is C31H39ClN4O4. The van der Waals surface area contributed by atoms with E-state index in [-0.39, 0.29) is 34.8 Å². The van der Waals surface area contributed by atoms with E-state index in [2.05, 4.69) is 23.6 Å². The monoisotopic (exact) mass is 566 g/mol. The summed E-state index contributed by atoms with van der Waals surface area (Å²) in [5.41, 5.74) is 3.22. The number of aryl methyl sites for hydroxylation is 1. The first-order valence-electron chi connectivity index (χ1n) is 13.7. The Hall–Kier alpha value is -3.65. The van der Waals surface area contributed by atoms with Crippen molar-refractivity contribution in [2.24, 2.45) is 5.92 Å². The molecule has 0 aliphatic rings. The van der Waals surface area contributed by atoms with Crippen LogP contribution in [0.25, 0.3) is 0 Å². The van der Waals surface area contributed by atoms with Crippen molar-refractivity contribution in [2.75, 3.05) is 13.1 Å². The van der Waals surface area contributed by atoms with Gasteiger partial charge in [-0.25, -0.2) is 0 Å². The van der Waals surface area contributed by atoms with Crippen LogP contribution in [0.2, 0.25) is 5.02 Å². The molecule has 9 heteroatoms.